The molecule has 0 saturated carbocycles. The number of fused-ring (bicyclic) bond motifs is 1. The van der Waals surface area contributed by atoms with E-state index in [1.165, 1.54) is 12.8 Å². The molecular weight excluding hydrogens is 266 g/mol. The summed E-state index contributed by atoms with van der Waals surface area (Å²) in [6, 6.07) is 4.71. The molecule has 2 saturated heterocycles. The van der Waals surface area contributed by atoms with Crippen molar-refractivity contribution in [3.05, 3.63) is 24.5 Å². The van der Waals surface area contributed by atoms with Gasteiger partial charge in [-0.25, -0.2) is 4.98 Å². The third-order valence-corrected chi connectivity index (χ3v) is 4.58. The molecule has 0 bridgehead atoms. The van der Waals surface area contributed by atoms with Crippen LogP contribution in [0.25, 0.3) is 11.0 Å². The molecule has 2 aliphatic rings. The van der Waals surface area contributed by atoms with Gasteiger partial charge in [-0.2, -0.15) is 9.89 Å². The summed E-state index contributed by atoms with van der Waals surface area (Å²) in [5.74, 6) is 0. The molecule has 0 N–H and O–H groups in total. The molecule has 0 spiro atoms. The van der Waals surface area contributed by atoms with Gasteiger partial charge in [0, 0.05) is 43.8 Å². The topological polar surface area (TPSA) is 46.4 Å². The predicted molar refractivity (Wildman–Crippen MR) is 80.9 cm³/mol. The maximum absolute atomic E-state index is 5.44. The number of hydrogen-bond acceptors (Lipinski definition) is 5. The Bertz CT molecular complexity index is 599. The first-order chi connectivity index (χ1) is 10.4. The molecule has 2 fully saturated rings. The second-order valence-corrected chi connectivity index (χ2v) is 5.78. The number of morpholine rings is 1. The van der Waals surface area contributed by atoms with Gasteiger partial charge in [-0.05, 0) is 25.0 Å². The minimum Gasteiger partial charge on any atom is -0.379 e. The average Bonchev–Trinajstić information content (AvgIpc) is 3.00. The van der Waals surface area contributed by atoms with Crippen LogP contribution in [-0.2, 0) is 4.74 Å². The maximum Gasteiger partial charge on any atom is 0.180 e. The van der Waals surface area contributed by atoms with Crippen LogP contribution < -0.4 is 5.01 Å². The van der Waals surface area contributed by atoms with Crippen molar-refractivity contribution >= 4 is 11.0 Å². The van der Waals surface area contributed by atoms with E-state index in [-0.39, 0.29) is 0 Å². The van der Waals surface area contributed by atoms with Gasteiger partial charge in [-0.15, -0.1) is 0 Å². The molecule has 2 aliphatic heterocycles. The fourth-order valence-electron chi connectivity index (χ4n) is 3.41. The molecule has 0 atom stereocenters. The molecular formula is C15H21N5O. The third-order valence-electron chi connectivity index (χ3n) is 4.58. The van der Waals surface area contributed by atoms with Gasteiger partial charge in [0.15, 0.2) is 5.65 Å². The first kappa shape index (κ1) is 13.0. The summed E-state index contributed by atoms with van der Waals surface area (Å²) in [5, 5.41) is 7.92. The lowest BCUT2D eigenvalue weighted by Crippen LogP contribution is -2.51. The van der Waals surface area contributed by atoms with E-state index in [4.69, 9.17) is 4.74 Å². The summed E-state index contributed by atoms with van der Waals surface area (Å²) in [6.07, 6.45) is 6.11. The monoisotopic (exact) mass is 287 g/mol. The minimum absolute atomic E-state index is 0.694. The number of nitrogens with zero attached hydrogens (tertiary/aromatic N) is 5. The summed E-state index contributed by atoms with van der Waals surface area (Å²) < 4.78 is 5.44. The van der Waals surface area contributed by atoms with E-state index in [1.54, 1.807) is 0 Å². The lowest BCUT2D eigenvalue weighted by molar-refractivity contribution is 0.0104. The van der Waals surface area contributed by atoms with Gasteiger partial charge in [0.05, 0.1) is 19.4 Å². The third kappa shape index (κ3) is 2.49. The highest BCUT2D eigenvalue weighted by molar-refractivity contribution is 5.74. The molecule has 0 amide bonds. The standard InChI is InChI=1S/C15H21N5O/c1-2-13-12-17-20(15(13)16-5-1)19-6-3-14(4-7-19)18-8-10-21-11-9-18/h1-2,5,12,14H,3-4,6-11H2. The first-order valence-corrected chi connectivity index (χ1v) is 7.77. The van der Waals surface area contributed by atoms with Crippen molar-refractivity contribution in [2.24, 2.45) is 0 Å². The molecule has 6 heteroatoms. The summed E-state index contributed by atoms with van der Waals surface area (Å²) in [5.41, 5.74) is 0.960. The molecule has 4 rings (SSSR count). The fourth-order valence-corrected chi connectivity index (χ4v) is 3.41. The minimum atomic E-state index is 0.694. The Morgan fingerprint density at radius 3 is 2.71 bits per heavy atom. The zero-order valence-corrected chi connectivity index (χ0v) is 12.2. The van der Waals surface area contributed by atoms with E-state index in [1.807, 2.05) is 23.3 Å². The Morgan fingerprint density at radius 1 is 1.10 bits per heavy atom. The fraction of sp³-hybridized carbons (Fsp3) is 0.600. The summed E-state index contributed by atoms with van der Waals surface area (Å²) in [4.78, 5) is 9.02. The van der Waals surface area contributed by atoms with Gasteiger partial charge >= 0.3 is 0 Å². The van der Waals surface area contributed by atoms with Crippen LogP contribution in [0.5, 0.6) is 0 Å². The van der Waals surface area contributed by atoms with Crippen LogP contribution in [0.3, 0.4) is 0 Å². The van der Waals surface area contributed by atoms with E-state index in [0.29, 0.717) is 6.04 Å². The summed E-state index contributed by atoms with van der Waals surface area (Å²) in [7, 11) is 0. The summed E-state index contributed by atoms with van der Waals surface area (Å²) >= 11 is 0. The Balaban J connectivity index is 1.45. The van der Waals surface area contributed by atoms with Gasteiger partial charge in [-0.1, -0.05) is 0 Å². The van der Waals surface area contributed by atoms with Gasteiger partial charge < -0.3 is 4.74 Å². The maximum atomic E-state index is 5.44. The van der Waals surface area contributed by atoms with Crippen LogP contribution in [0, 0.1) is 0 Å². The van der Waals surface area contributed by atoms with Crippen LogP contribution in [0.4, 0.5) is 0 Å². The highest BCUT2D eigenvalue weighted by Gasteiger charge is 2.26. The lowest BCUT2D eigenvalue weighted by atomic mass is 10.0. The number of rotatable bonds is 2. The van der Waals surface area contributed by atoms with E-state index in [9.17, 15) is 0 Å². The lowest BCUT2D eigenvalue weighted by Gasteiger charge is -2.40. The van der Waals surface area contributed by atoms with Crippen LogP contribution in [0.15, 0.2) is 24.5 Å². The molecule has 4 heterocycles. The molecule has 0 radical (unpaired) electrons. The van der Waals surface area contributed by atoms with Gasteiger partial charge in [0.25, 0.3) is 0 Å². The average molecular weight is 287 g/mol. The number of piperidine rings is 1. The van der Waals surface area contributed by atoms with E-state index < -0.39 is 0 Å². The second-order valence-electron chi connectivity index (χ2n) is 5.78. The largest absolute Gasteiger partial charge is 0.379 e. The van der Waals surface area contributed by atoms with Gasteiger partial charge in [-0.3, -0.25) is 9.91 Å². The number of ether oxygens (including phenoxy) is 1. The normalized spacial score (nSPS) is 22.0. The molecule has 112 valence electrons. The van der Waals surface area contributed by atoms with Gasteiger partial charge in [0.2, 0.25) is 0 Å². The smallest absolute Gasteiger partial charge is 0.180 e. The molecule has 2 aromatic heterocycles. The van der Waals surface area contributed by atoms with Crippen molar-refractivity contribution in [2.75, 3.05) is 44.4 Å². The highest BCUT2D eigenvalue weighted by atomic mass is 16.5. The van der Waals surface area contributed by atoms with E-state index >= 15 is 0 Å². The zero-order valence-electron chi connectivity index (χ0n) is 12.2. The Morgan fingerprint density at radius 2 is 1.90 bits per heavy atom. The Kier molecular flexibility index (Phi) is 3.48. The van der Waals surface area contributed by atoms with Crippen molar-refractivity contribution < 1.29 is 4.74 Å². The quantitative estimate of drug-likeness (QED) is 0.820. The highest BCUT2D eigenvalue weighted by Crippen LogP contribution is 2.19. The van der Waals surface area contributed by atoms with E-state index in [0.717, 1.165) is 50.4 Å². The van der Waals surface area contributed by atoms with Crippen molar-refractivity contribution in [3.63, 3.8) is 0 Å². The predicted octanol–water partition coefficient (Wildman–Crippen LogP) is 0.864. The molecule has 6 nitrogen and oxygen atoms in total. The van der Waals surface area contributed by atoms with Crippen molar-refractivity contribution in [1.29, 1.82) is 0 Å². The van der Waals surface area contributed by atoms with Crippen molar-refractivity contribution in [3.8, 4) is 0 Å². The van der Waals surface area contributed by atoms with E-state index in [2.05, 4.69) is 26.1 Å². The number of aromatic nitrogens is 3. The van der Waals surface area contributed by atoms with Crippen molar-refractivity contribution in [1.82, 2.24) is 19.8 Å². The number of hydrogen-bond donors (Lipinski definition) is 0. The molecule has 2 aromatic rings. The van der Waals surface area contributed by atoms with Gasteiger partial charge in [0.1, 0.15) is 0 Å². The molecule has 0 unspecified atom stereocenters. The molecule has 0 aliphatic carbocycles. The first-order valence-electron chi connectivity index (χ1n) is 7.77. The second kappa shape index (κ2) is 5.61. The molecule has 0 aromatic carbocycles. The Labute approximate surface area is 124 Å². The van der Waals surface area contributed by atoms with Crippen LogP contribution >= 0.6 is 0 Å². The van der Waals surface area contributed by atoms with Crippen molar-refractivity contribution in [2.45, 2.75) is 18.9 Å². The summed E-state index contributed by atoms with van der Waals surface area (Å²) in [6.45, 7) is 6.00. The van der Waals surface area contributed by atoms with Crippen LogP contribution in [-0.4, -0.2) is 65.2 Å². The SMILES string of the molecule is c1cnc2c(c1)cnn2N1CCC(N2CCOCC2)CC1. The Hall–Kier alpha value is -1.66. The zero-order chi connectivity index (χ0) is 14.1. The number of pyridine rings is 1. The van der Waals surface area contributed by atoms with Crippen LogP contribution in [0.1, 0.15) is 12.8 Å². The molecule has 21 heavy (non-hydrogen) atoms. The van der Waals surface area contributed by atoms with Crippen LogP contribution in [0.2, 0.25) is 0 Å².